The molecular weight excluding hydrogens is 199 g/mol. The van der Waals surface area contributed by atoms with Gasteiger partial charge in [-0.25, -0.2) is 4.39 Å². The van der Waals surface area contributed by atoms with E-state index in [0.29, 0.717) is 19.0 Å². The van der Waals surface area contributed by atoms with Crippen molar-refractivity contribution in [2.45, 2.75) is 12.8 Å². The average molecular weight is 212 g/mol. The number of benzene rings is 1. The Hall–Kier alpha value is -1.29. The normalized spacial score (nSPS) is 16.2. The molecule has 4 heteroatoms. The highest BCUT2D eigenvalue weighted by molar-refractivity contribution is 5.46. The number of rotatable bonds is 2. The first-order valence-corrected chi connectivity index (χ1v) is 4.92. The third-order valence-electron chi connectivity index (χ3n) is 2.46. The van der Waals surface area contributed by atoms with Crippen molar-refractivity contribution >= 4 is 0 Å². The monoisotopic (exact) mass is 212 g/mol. The molecule has 0 fully saturated rings. The molecule has 0 spiro atoms. The molecule has 0 aromatic heterocycles. The highest BCUT2D eigenvalue weighted by Gasteiger charge is 2.19. The number of aliphatic hydroxyl groups excluding tert-OH is 1. The van der Waals surface area contributed by atoms with E-state index in [0.717, 1.165) is 5.56 Å². The van der Waals surface area contributed by atoms with Gasteiger partial charge in [-0.2, -0.15) is 0 Å². The van der Waals surface area contributed by atoms with Gasteiger partial charge < -0.3 is 14.6 Å². The Morgan fingerprint density at radius 3 is 2.87 bits per heavy atom. The van der Waals surface area contributed by atoms with Crippen molar-refractivity contribution in [2.75, 3.05) is 19.8 Å². The van der Waals surface area contributed by atoms with Crippen LogP contribution < -0.4 is 9.47 Å². The Morgan fingerprint density at radius 2 is 2.13 bits per heavy atom. The minimum atomic E-state index is -0.428. The first-order chi connectivity index (χ1) is 7.22. The zero-order valence-corrected chi connectivity index (χ0v) is 8.50. The zero-order chi connectivity index (χ0) is 10.8. The first-order valence-electron chi connectivity index (χ1n) is 4.92. The van der Waals surface area contributed by atoms with Crippen LogP contribution in [0.2, 0.25) is 0 Å². The second-order valence-corrected chi connectivity index (χ2v) is 3.61. The highest BCUT2D eigenvalue weighted by Crippen LogP contribution is 2.35. The molecular formula is C11H13FO3. The molecule has 1 aromatic carbocycles. The van der Waals surface area contributed by atoms with Crippen LogP contribution >= 0.6 is 0 Å². The van der Waals surface area contributed by atoms with E-state index in [1.807, 2.05) is 6.92 Å². The maximum Gasteiger partial charge on any atom is 0.197 e. The van der Waals surface area contributed by atoms with Gasteiger partial charge in [0.15, 0.2) is 17.3 Å². The summed E-state index contributed by atoms with van der Waals surface area (Å²) in [6.07, 6.45) is 0. The summed E-state index contributed by atoms with van der Waals surface area (Å²) in [7, 11) is 0. The van der Waals surface area contributed by atoms with Gasteiger partial charge >= 0.3 is 0 Å². The lowest BCUT2D eigenvalue weighted by Gasteiger charge is -2.20. The molecule has 0 aliphatic carbocycles. The van der Waals surface area contributed by atoms with E-state index in [-0.39, 0.29) is 18.3 Å². The van der Waals surface area contributed by atoms with Crippen molar-refractivity contribution in [2.24, 2.45) is 0 Å². The van der Waals surface area contributed by atoms with Gasteiger partial charge in [-0.15, -0.1) is 0 Å². The topological polar surface area (TPSA) is 38.7 Å². The molecule has 82 valence electrons. The Morgan fingerprint density at radius 1 is 1.40 bits per heavy atom. The molecule has 2 rings (SSSR count). The van der Waals surface area contributed by atoms with Crippen molar-refractivity contribution in [1.82, 2.24) is 0 Å². The maximum absolute atomic E-state index is 13.5. The lowest BCUT2D eigenvalue weighted by Crippen LogP contribution is -2.17. The van der Waals surface area contributed by atoms with Crippen LogP contribution in [0.15, 0.2) is 12.1 Å². The molecule has 1 atom stereocenters. The van der Waals surface area contributed by atoms with Gasteiger partial charge in [-0.3, -0.25) is 0 Å². The van der Waals surface area contributed by atoms with Crippen molar-refractivity contribution < 1.29 is 19.0 Å². The number of halogens is 1. The molecule has 0 amide bonds. The summed E-state index contributed by atoms with van der Waals surface area (Å²) >= 11 is 0. The number of fused-ring (bicyclic) bond motifs is 1. The minimum absolute atomic E-state index is 0.0148. The van der Waals surface area contributed by atoms with Crippen LogP contribution in [-0.4, -0.2) is 24.9 Å². The van der Waals surface area contributed by atoms with Crippen molar-refractivity contribution in [3.05, 3.63) is 23.5 Å². The standard InChI is InChI=1S/C11H13FO3/c1-7(6-13)8-4-9(12)11-10(5-8)14-2-3-15-11/h4-5,7,13H,2-3,6H2,1H3. The second kappa shape index (κ2) is 4.06. The molecule has 1 aromatic rings. The summed E-state index contributed by atoms with van der Waals surface area (Å²) in [4.78, 5) is 0. The number of hydrogen-bond donors (Lipinski definition) is 1. The van der Waals surface area contributed by atoms with E-state index in [4.69, 9.17) is 14.6 Å². The Balaban J connectivity index is 2.40. The molecule has 1 heterocycles. The molecule has 1 N–H and O–H groups in total. The zero-order valence-electron chi connectivity index (χ0n) is 8.50. The largest absolute Gasteiger partial charge is 0.486 e. The summed E-state index contributed by atoms with van der Waals surface area (Å²) in [6, 6.07) is 3.10. The fraction of sp³-hybridized carbons (Fsp3) is 0.455. The SMILES string of the molecule is CC(CO)c1cc(F)c2c(c1)OCCO2. The number of aliphatic hydroxyl groups is 1. The van der Waals surface area contributed by atoms with Crippen molar-refractivity contribution in [3.8, 4) is 11.5 Å². The van der Waals surface area contributed by atoms with Gasteiger partial charge in [0, 0.05) is 12.5 Å². The van der Waals surface area contributed by atoms with Gasteiger partial charge in [-0.1, -0.05) is 6.92 Å². The summed E-state index contributed by atoms with van der Waals surface area (Å²) in [5.74, 6) is 0.0736. The minimum Gasteiger partial charge on any atom is -0.486 e. The first kappa shape index (κ1) is 10.2. The molecule has 1 unspecified atom stereocenters. The molecule has 0 saturated heterocycles. The molecule has 3 nitrogen and oxygen atoms in total. The van der Waals surface area contributed by atoms with Crippen LogP contribution in [0.1, 0.15) is 18.4 Å². The molecule has 1 aliphatic heterocycles. The molecule has 0 bridgehead atoms. The van der Waals surface area contributed by atoms with Gasteiger partial charge in [0.1, 0.15) is 13.2 Å². The van der Waals surface area contributed by atoms with Crippen LogP contribution in [0.4, 0.5) is 4.39 Å². The van der Waals surface area contributed by atoms with Crippen LogP contribution in [0.25, 0.3) is 0 Å². The average Bonchev–Trinajstić information content (AvgIpc) is 2.28. The summed E-state index contributed by atoms with van der Waals surface area (Å²) in [5, 5.41) is 8.99. The highest BCUT2D eigenvalue weighted by atomic mass is 19.1. The van der Waals surface area contributed by atoms with E-state index in [1.165, 1.54) is 6.07 Å². The van der Waals surface area contributed by atoms with E-state index in [2.05, 4.69) is 0 Å². The quantitative estimate of drug-likeness (QED) is 0.810. The molecule has 1 aliphatic rings. The van der Waals surface area contributed by atoms with Crippen LogP contribution in [0, 0.1) is 5.82 Å². The molecule has 0 saturated carbocycles. The Kier molecular flexibility index (Phi) is 2.77. The lowest BCUT2D eigenvalue weighted by molar-refractivity contribution is 0.164. The van der Waals surface area contributed by atoms with Crippen LogP contribution in [0.5, 0.6) is 11.5 Å². The Bertz CT molecular complexity index is 365. The van der Waals surface area contributed by atoms with Gasteiger partial charge in [0.2, 0.25) is 0 Å². The third kappa shape index (κ3) is 1.90. The van der Waals surface area contributed by atoms with E-state index < -0.39 is 5.82 Å². The summed E-state index contributed by atoms with van der Waals surface area (Å²) < 4.78 is 24.0. The lowest BCUT2D eigenvalue weighted by atomic mass is 10.0. The van der Waals surface area contributed by atoms with Crippen LogP contribution in [-0.2, 0) is 0 Å². The van der Waals surface area contributed by atoms with E-state index in [9.17, 15) is 4.39 Å². The smallest absolute Gasteiger partial charge is 0.197 e. The molecule has 0 radical (unpaired) electrons. The third-order valence-corrected chi connectivity index (χ3v) is 2.46. The number of hydrogen-bond acceptors (Lipinski definition) is 3. The maximum atomic E-state index is 13.5. The summed E-state index contributed by atoms with van der Waals surface area (Å²) in [6.45, 7) is 2.62. The van der Waals surface area contributed by atoms with Crippen LogP contribution in [0.3, 0.4) is 0 Å². The van der Waals surface area contributed by atoms with Gasteiger partial charge in [0.25, 0.3) is 0 Å². The van der Waals surface area contributed by atoms with Crippen molar-refractivity contribution in [3.63, 3.8) is 0 Å². The van der Waals surface area contributed by atoms with E-state index in [1.54, 1.807) is 6.07 Å². The fourth-order valence-electron chi connectivity index (χ4n) is 1.52. The Labute approximate surface area is 87.4 Å². The summed E-state index contributed by atoms with van der Waals surface area (Å²) in [5.41, 5.74) is 0.722. The van der Waals surface area contributed by atoms with Gasteiger partial charge in [0.05, 0.1) is 0 Å². The number of ether oxygens (including phenoxy) is 2. The van der Waals surface area contributed by atoms with Gasteiger partial charge in [-0.05, 0) is 17.7 Å². The second-order valence-electron chi connectivity index (χ2n) is 3.61. The molecule has 15 heavy (non-hydrogen) atoms. The predicted molar refractivity (Wildman–Crippen MR) is 52.9 cm³/mol. The fourth-order valence-corrected chi connectivity index (χ4v) is 1.52. The van der Waals surface area contributed by atoms with E-state index >= 15 is 0 Å². The predicted octanol–water partition coefficient (Wildman–Crippen LogP) is 1.69. The van der Waals surface area contributed by atoms with Crippen molar-refractivity contribution in [1.29, 1.82) is 0 Å².